The van der Waals surface area contributed by atoms with Gasteiger partial charge in [-0.25, -0.2) is 0 Å². The average molecular weight is 676 g/mol. The molecule has 1 atom stereocenters. The Kier molecular flexibility index (Phi) is 10.0. The van der Waals surface area contributed by atoms with E-state index in [9.17, 15) is 0 Å². The lowest BCUT2D eigenvalue weighted by Crippen LogP contribution is -2.33. The molecule has 0 radical (unpaired) electrons. The second-order valence-electron chi connectivity index (χ2n) is 12.9. The normalized spacial score (nSPS) is 18.1. The minimum absolute atomic E-state index is 0.0753. The van der Waals surface area contributed by atoms with Gasteiger partial charge >= 0.3 is 0 Å². The van der Waals surface area contributed by atoms with Crippen LogP contribution in [0.25, 0.3) is 29.1 Å². The summed E-state index contributed by atoms with van der Waals surface area (Å²) in [4.78, 5) is 2.23. The Bertz CT molecular complexity index is 2380. The highest BCUT2D eigenvalue weighted by Gasteiger charge is 2.34. The quantitative estimate of drug-likeness (QED) is 0.173. The van der Waals surface area contributed by atoms with Crippen molar-refractivity contribution in [2.75, 3.05) is 4.90 Å². The van der Waals surface area contributed by atoms with Crippen molar-refractivity contribution in [1.82, 2.24) is 9.88 Å². The molecule has 3 nitrogen and oxygen atoms in total. The van der Waals surface area contributed by atoms with Gasteiger partial charge in [0.15, 0.2) is 0 Å². The van der Waals surface area contributed by atoms with E-state index in [4.69, 9.17) is 0 Å². The molecule has 5 aromatic rings. The predicted molar refractivity (Wildman–Crippen MR) is 222 cm³/mol. The summed E-state index contributed by atoms with van der Waals surface area (Å²) in [6.45, 7) is 17.0. The molecule has 4 aromatic carbocycles. The van der Waals surface area contributed by atoms with Crippen LogP contribution in [0.15, 0.2) is 188 Å². The van der Waals surface area contributed by atoms with E-state index in [1.54, 1.807) is 0 Å². The molecule has 0 spiro atoms. The third-order valence-electron chi connectivity index (χ3n) is 9.79. The summed E-state index contributed by atoms with van der Waals surface area (Å²) >= 11 is 0. The first-order chi connectivity index (χ1) is 25.6. The zero-order valence-corrected chi connectivity index (χ0v) is 30.1. The van der Waals surface area contributed by atoms with Crippen LogP contribution < -0.4 is 20.8 Å². The third-order valence-corrected chi connectivity index (χ3v) is 9.79. The van der Waals surface area contributed by atoms with Crippen molar-refractivity contribution in [2.24, 2.45) is 0 Å². The number of nitrogens with zero attached hydrogens (tertiary/aromatic N) is 2. The molecule has 1 aromatic heterocycles. The molecule has 0 saturated carbocycles. The van der Waals surface area contributed by atoms with Gasteiger partial charge in [0.1, 0.15) is 0 Å². The van der Waals surface area contributed by atoms with Gasteiger partial charge in [0.05, 0.1) is 17.1 Å². The largest absolute Gasteiger partial charge is 0.375 e. The van der Waals surface area contributed by atoms with Crippen LogP contribution >= 0.6 is 0 Å². The van der Waals surface area contributed by atoms with Crippen LogP contribution in [-0.4, -0.2) is 4.57 Å². The molecule has 3 heteroatoms. The summed E-state index contributed by atoms with van der Waals surface area (Å²) in [5.41, 5.74) is 14.3. The molecule has 1 unspecified atom stereocenters. The Balaban J connectivity index is 0.00000207. The van der Waals surface area contributed by atoms with Crippen LogP contribution in [0, 0.1) is 0 Å². The Morgan fingerprint density at radius 1 is 0.712 bits per heavy atom. The fourth-order valence-corrected chi connectivity index (χ4v) is 7.38. The van der Waals surface area contributed by atoms with E-state index in [0.29, 0.717) is 0 Å². The zero-order chi connectivity index (χ0) is 36.0. The number of hydrogen-bond acceptors (Lipinski definition) is 2. The van der Waals surface area contributed by atoms with E-state index in [1.165, 1.54) is 38.7 Å². The molecular weight excluding hydrogens is 631 g/mol. The van der Waals surface area contributed by atoms with E-state index in [2.05, 4.69) is 180 Å². The van der Waals surface area contributed by atoms with E-state index >= 15 is 0 Å². The minimum Gasteiger partial charge on any atom is -0.375 e. The van der Waals surface area contributed by atoms with Crippen LogP contribution in [0.3, 0.4) is 0 Å². The van der Waals surface area contributed by atoms with Crippen LogP contribution in [0.5, 0.6) is 0 Å². The molecule has 2 heterocycles. The molecule has 0 fully saturated rings. The van der Waals surface area contributed by atoms with Crippen molar-refractivity contribution in [2.45, 2.75) is 32.7 Å². The van der Waals surface area contributed by atoms with E-state index in [0.717, 1.165) is 52.0 Å². The number of hydrogen-bond donors (Lipinski definition) is 1. The van der Waals surface area contributed by atoms with Crippen LogP contribution in [0.1, 0.15) is 47.8 Å². The van der Waals surface area contributed by atoms with Gasteiger partial charge in [-0.2, -0.15) is 0 Å². The molecule has 3 aliphatic rings. The van der Waals surface area contributed by atoms with E-state index in [-0.39, 0.29) is 6.04 Å². The summed E-state index contributed by atoms with van der Waals surface area (Å²) in [5.74, 6) is 0. The highest BCUT2D eigenvalue weighted by molar-refractivity contribution is 6.02. The zero-order valence-electron chi connectivity index (χ0n) is 30.1. The molecule has 0 bridgehead atoms. The van der Waals surface area contributed by atoms with Crippen molar-refractivity contribution in [3.05, 3.63) is 227 Å². The van der Waals surface area contributed by atoms with Crippen molar-refractivity contribution in [1.29, 1.82) is 0 Å². The van der Waals surface area contributed by atoms with Gasteiger partial charge in [0, 0.05) is 47.5 Å². The van der Waals surface area contributed by atoms with Crippen LogP contribution in [0.4, 0.5) is 5.69 Å². The fraction of sp³-hybridized carbons (Fsp3) is 0.102. The van der Waals surface area contributed by atoms with Gasteiger partial charge in [-0.1, -0.05) is 143 Å². The maximum atomic E-state index is 4.58. The highest BCUT2D eigenvalue weighted by Crippen LogP contribution is 2.46. The number of fused-ring (bicyclic) bond motifs is 6. The SMILES string of the molecule is C=C/C=C\C(NC1=C/C(=C)C(=C)/C=c2/c3c(n(-c4ccccc4)/c2=C/N(c2ccccc2)/C=C\1)C1=C(C3)c2ccccc2C1)c1ccccc1.CC. The summed E-state index contributed by atoms with van der Waals surface area (Å²) in [5, 5.41) is 6.06. The minimum atomic E-state index is -0.0753. The number of allylic oxidation sites excluding steroid dienone is 8. The number of anilines is 1. The molecule has 52 heavy (non-hydrogen) atoms. The first kappa shape index (κ1) is 34.1. The Labute approximate surface area is 308 Å². The molecule has 0 saturated heterocycles. The summed E-state index contributed by atoms with van der Waals surface area (Å²) in [6, 6.07) is 40.5. The van der Waals surface area contributed by atoms with Crippen molar-refractivity contribution < 1.29 is 0 Å². The second kappa shape index (κ2) is 15.3. The van der Waals surface area contributed by atoms with Crippen molar-refractivity contribution >= 4 is 29.1 Å². The molecule has 1 aliphatic heterocycles. The topological polar surface area (TPSA) is 20.2 Å². The van der Waals surface area contributed by atoms with Gasteiger partial charge < -0.3 is 14.8 Å². The first-order valence-corrected chi connectivity index (χ1v) is 18.1. The van der Waals surface area contributed by atoms with Crippen molar-refractivity contribution in [3.63, 3.8) is 0 Å². The standard InChI is InChI=1S/C47H39N3.C2H6/c1-4-5-25-45(35-17-9-6-10-18-35)48-37-26-27-49(38-20-11-7-12-21-38)32-46-42(29-34(3)33(2)28-37)44-31-41-40-24-16-15-19-36(40)30-43(41)47(44)50(46)39-22-13-8-14-23-39;1-2/h4-29,32,45,48H,1-3,30-31H2;1-2H3/b25-5-,27-26-,37-28+,42-29-,46-32+;. The number of aromatic nitrogens is 1. The van der Waals surface area contributed by atoms with Gasteiger partial charge in [-0.05, 0) is 87.0 Å². The smallest absolute Gasteiger partial charge is 0.0704 e. The monoisotopic (exact) mass is 675 g/mol. The maximum Gasteiger partial charge on any atom is 0.0704 e. The van der Waals surface area contributed by atoms with Crippen molar-refractivity contribution in [3.8, 4) is 5.69 Å². The van der Waals surface area contributed by atoms with Crippen LogP contribution in [-0.2, 0) is 12.8 Å². The number of para-hydroxylation sites is 2. The van der Waals surface area contributed by atoms with E-state index < -0.39 is 0 Å². The summed E-state index contributed by atoms with van der Waals surface area (Å²) in [7, 11) is 0. The molecule has 8 rings (SSSR count). The summed E-state index contributed by atoms with van der Waals surface area (Å²) in [6.07, 6.45) is 18.6. The Hall–Kier alpha value is -6.32. The lowest BCUT2D eigenvalue weighted by atomic mass is 10.00. The maximum absolute atomic E-state index is 4.58. The summed E-state index contributed by atoms with van der Waals surface area (Å²) < 4.78 is 2.46. The lowest BCUT2D eigenvalue weighted by molar-refractivity contribution is 0.728. The molecule has 2 aliphatic carbocycles. The van der Waals surface area contributed by atoms with Gasteiger partial charge in [0.2, 0.25) is 0 Å². The Morgan fingerprint density at radius 2 is 1.35 bits per heavy atom. The third kappa shape index (κ3) is 6.61. The molecule has 0 amide bonds. The number of nitrogens with one attached hydrogen (secondary N) is 1. The fourth-order valence-electron chi connectivity index (χ4n) is 7.38. The predicted octanol–water partition coefficient (Wildman–Crippen LogP) is 10.1. The molecule has 256 valence electrons. The number of rotatable bonds is 7. The first-order valence-electron chi connectivity index (χ1n) is 18.1. The average Bonchev–Trinajstić information content (AvgIpc) is 3.83. The number of benzene rings is 4. The molecule has 1 N–H and O–H groups in total. The second-order valence-corrected chi connectivity index (χ2v) is 12.9. The molecular formula is C49H45N3. The van der Waals surface area contributed by atoms with Gasteiger partial charge in [-0.15, -0.1) is 0 Å². The van der Waals surface area contributed by atoms with Gasteiger partial charge in [0.25, 0.3) is 0 Å². The lowest BCUT2D eigenvalue weighted by Gasteiger charge is -2.20. The van der Waals surface area contributed by atoms with Crippen LogP contribution in [0.2, 0.25) is 0 Å². The highest BCUT2D eigenvalue weighted by atomic mass is 15.1. The Morgan fingerprint density at radius 3 is 2.06 bits per heavy atom. The van der Waals surface area contributed by atoms with E-state index in [1.807, 2.05) is 32.1 Å². The van der Waals surface area contributed by atoms with Gasteiger partial charge in [-0.3, -0.25) is 0 Å².